The first kappa shape index (κ1) is 17.5. The van der Waals surface area contributed by atoms with E-state index in [2.05, 4.69) is 22.8 Å². The zero-order chi connectivity index (χ0) is 19.1. The largest absolute Gasteiger partial charge is 0.378 e. The van der Waals surface area contributed by atoms with Crippen molar-refractivity contribution in [3.05, 3.63) is 74.8 Å². The van der Waals surface area contributed by atoms with Gasteiger partial charge in [-0.05, 0) is 47.7 Å². The summed E-state index contributed by atoms with van der Waals surface area (Å²) in [6.45, 7) is 1.49. The number of hydrogen-bond acceptors (Lipinski definition) is 4. The Hall–Kier alpha value is -2.86. The molecule has 1 aliphatic carbocycles. The number of allylic oxidation sites excluding steroid dienone is 2. The summed E-state index contributed by atoms with van der Waals surface area (Å²) in [7, 11) is 0. The van der Waals surface area contributed by atoms with Gasteiger partial charge in [0.1, 0.15) is 5.02 Å². The van der Waals surface area contributed by atoms with Crippen molar-refractivity contribution in [3.8, 4) is 0 Å². The summed E-state index contributed by atoms with van der Waals surface area (Å²) in [5.41, 5.74) is 3.63. The van der Waals surface area contributed by atoms with E-state index in [-0.39, 0.29) is 34.5 Å². The molecule has 6 nitrogen and oxygen atoms in total. The molecule has 7 heteroatoms. The number of benzene rings is 2. The summed E-state index contributed by atoms with van der Waals surface area (Å²) in [5, 5.41) is 17.8. The Morgan fingerprint density at radius 2 is 2.11 bits per heavy atom. The molecule has 1 aliphatic heterocycles. The Morgan fingerprint density at radius 3 is 2.85 bits per heavy atom. The van der Waals surface area contributed by atoms with Gasteiger partial charge < -0.3 is 10.6 Å². The minimum absolute atomic E-state index is 0.0555. The molecule has 0 bridgehead atoms. The van der Waals surface area contributed by atoms with Crippen LogP contribution in [0.4, 0.5) is 17.1 Å². The molecule has 2 N–H and O–H groups in total. The highest BCUT2D eigenvalue weighted by Gasteiger charge is 2.38. The number of halogens is 1. The molecule has 138 valence electrons. The van der Waals surface area contributed by atoms with Crippen LogP contribution in [0.1, 0.15) is 36.4 Å². The first-order valence-electron chi connectivity index (χ1n) is 8.72. The molecule has 27 heavy (non-hydrogen) atoms. The van der Waals surface area contributed by atoms with Crippen LogP contribution in [-0.2, 0) is 4.79 Å². The molecular formula is C20H18ClN3O3. The number of hydrogen-bond donors (Lipinski definition) is 2. The molecule has 0 spiro atoms. The lowest BCUT2D eigenvalue weighted by Gasteiger charge is -2.37. The average molecular weight is 384 g/mol. The molecule has 0 fully saturated rings. The number of carbonyl (C=O) groups is 1. The normalized spacial score (nSPS) is 22.5. The molecule has 0 radical (unpaired) electrons. The van der Waals surface area contributed by atoms with Crippen LogP contribution < -0.4 is 10.6 Å². The lowest BCUT2D eigenvalue weighted by Crippen LogP contribution is -2.29. The van der Waals surface area contributed by atoms with E-state index in [4.69, 9.17) is 11.6 Å². The van der Waals surface area contributed by atoms with Crippen LogP contribution in [0.2, 0.25) is 5.02 Å². The van der Waals surface area contributed by atoms with Crippen molar-refractivity contribution in [1.29, 1.82) is 0 Å². The van der Waals surface area contributed by atoms with Gasteiger partial charge in [0.2, 0.25) is 5.91 Å². The number of nitro benzene ring substituents is 1. The van der Waals surface area contributed by atoms with Crippen LogP contribution in [0.25, 0.3) is 0 Å². The number of nitrogens with zero attached hydrogens (tertiary/aromatic N) is 1. The summed E-state index contributed by atoms with van der Waals surface area (Å²) in [4.78, 5) is 22.2. The van der Waals surface area contributed by atoms with E-state index < -0.39 is 4.92 Å². The van der Waals surface area contributed by atoms with Crippen molar-refractivity contribution in [2.45, 2.75) is 25.3 Å². The molecule has 2 aromatic carbocycles. The number of carbonyl (C=O) groups excluding carboxylic acids is 1. The van der Waals surface area contributed by atoms with E-state index in [1.807, 2.05) is 24.3 Å². The number of anilines is 2. The summed E-state index contributed by atoms with van der Waals surface area (Å²) < 4.78 is 0. The SMILES string of the molecule is CC(=O)Nc1ccc2c(c1)C1C=CCC1C(c1ccc(Cl)c([N+](=O)[O-])c1)N2. The molecule has 1 heterocycles. The molecule has 2 aliphatic rings. The van der Waals surface area contributed by atoms with E-state index in [1.54, 1.807) is 12.1 Å². The van der Waals surface area contributed by atoms with Gasteiger partial charge in [-0.25, -0.2) is 0 Å². The number of amides is 1. The van der Waals surface area contributed by atoms with Gasteiger partial charge >= 0.3 is 0 Å². The third kappa shape index (κ3) is 3.17. The first-order chi connectivity index (χ1) is 12.9. The fourth-order valence-electron chi connectivity index (χ4n) is 4.07. The van der Waals surface area contributed by atoms with E-state index in [0.717, 1.165) is 28.9 Å². The minimum Gasteiger partial charge on any atom is -0.378 e. The monoisotopic (exact) mass is 383 g/mol. The van der Waals surface area contributed by atoms with Gasteiger partial charge in [-0.3, -0.25) is 14.9 Å². The zero-order valence-electron chi connectivity index (χ0n) is 14.6. The van der Waals surface area contributed by atoms with Gasteiger partial charge in [0.25, 0.3) is 5.69 Å². The number of nitro groups is 1. The Bertz CT molecular complexity index is 973. The number of rotatable bonds is 3. The van der Waals surface area contributed by atoms with Gasteiger partial charge in [-0.2, -0.15) is 0 Å². The predicted octanol–water partition coefficient (Wildman–Crippen LogP) is 5.03. The molecule has 4 rings (SSSR count). The molecule has 2 aromatic rings. The van der Waals surface area contributed by atoms with Crippen molar-refractivity contribution < 1.29 is 9.72 Å². The van der Waals surface area contributed by atoms with Crippen LogP contribution in [-0.4, -0.2) is 10.8 Å². The summed E-state index contributed by atoms with van der Waals surface area (Å²) >= 11 is 5.97. The lowest BCUT2D eigenvalue weighted by molar-refractivity contribution is -0.384. The van der Waals surface area contributed by atoms with E-state index in [0.29, 0.717) is 0 Å². The van der Waals surface area contributed by atoms with Crippen molar-refractivity contribution in [2.24, 2.45) is 5.92 Å². The Balaban J connectivity index is 1.73. The Morgan fingerprint density at radius 1 is 1.30 bits per heavy atom. The van der Waals surface area contributed by atoms with Gasteiger partial charge in [0.15, 0.2) is 0 Å². The van der Waals surface area contributed by atoms with E-state index >= 15 is 0 Å². The first-order valence-corrected chi connectivity index (χ1v) is 9.10. The van der Waals surface area contributed by atoms with Gasteiger partial charge in [-0.15, -0.1) is 0 Å². The average Bonchev–Trinajstić information content (AvgIpc) is 3.11. The third-order valence-corrected chi connectivity index (χ3v) is 5.53. The third-order valence-electron chi connectivity index (χ3n) is 5.21. The number of fused-ring (bicyclic) bond motifs is 3. The second kappa shape index (κ2) is 6.70. The van der Waals surface area contributed by atoms with E-state index in [1.165, 1.54) is 6.92 Å². The van der Waals surface area contributed by atoms with Crippen LogP contribution in [0.15, 0.2) is 48.6 Å². The minimum atomic E-state index is -0.452. The van der Waals surface area contributed by atoms with Crippen molar-refractivity contribution in [2.75, 3.05) is 10.6 Å². The van der Waals surface area contributed by atoms with Gasteiger partial charge in [0.05, 0.1) is 11.0 Å². The highest BCUT2D eigenvalue weighted by molar-refractivity contribution is 6.32. The van der Waals surface area contributed by atoms with Crippen molar-refractivity contribution in [3.63, 3.8) is 0 Å². The van der Waals surface area contributed by atoms with Gasteiger partial charge in [-0.1, -0.05) is 29.8 Å². The predicted molar refractivity (Wildman–Crippen MR) is 105 cm³/mol. The van der Waals surface area contributed by atoms with Crippen LogP contribution in [0.3, 0.4) is 0 Å². The van der Waals surface area contributed by atoms with Gasteiger partial charge in [0, 0.05) is 30.3 Å². The molecule has 0 saturated carbocycles. The maximum atomic E-state index is 11.4. The number of nitrogens with one attached hydrogen (secondary N) is 2. The fraction of sp³-hybridized carbons (Fsp3) is 0.250. The quantitative estimate of drug-likeness (QED) is 0.442. The van der Waals surface area contributed by atoms with Crippen molar-refractivity contribution in [1.82, 2.24) is 0 Å². The smallest absolute Gasteiger partial charge is 0.288 e. The lowest BCUT2D eigenvalue weighted by atomic mass is 9.77. The van der Waals surface area contributed by atoms with Crippen molar-refractivity contribution >= 4 is 34.6 Å². The second-order valence-corrected chi connectivity index (χ2v) is 7.33. The molecule has 0 saturated heterocycles. The fourth-order valence-corrected chi connectivity index (χ4v) is 4.26. The highest BCUT2D eigenvalue weighted by atomic mass is 35.5. The van der Waals surface area contributed by atoms with Crippen LogP contribution >= 0.6 is 11.6 Å². The Labute approximate surface area is 161 Å². The summed E-state index contributed by atoms with van der Waals surface area (Å²) in [6, 6.07) is 10.7. The van der Waals surface area contributed by atoms with Crippen LogP contribution in [0.5, 0.6) is 0 Å². The summed E-state index contributed by atoms with van der Waals surface area (Å²) in [5.74, 6) is 0.323. The molecule has 0 aromatic heterocycles. The Kier molecular flexibility index (Phi) is 4.36. The maximum Gasteiger partial charge on any atom is 0.288 e. The standard InChI is InChI=1S/C20H18ClN3O3/c1-11(25)22-13-6-8-18-16(10-13)14-3-2-4-15(14)20(23-18)12-5-7-17(21)19(9-12)24(26)27/h2-3,5-10,14-15,20,23H,4H2,1H3,(H,22,25). The summed E-state index contributed by atoms with van der Waals surface area (Å²) in [6.07, 6.45) is 5.20. The highest BCUT2D eigenvalue weighted by Crippen LogP contribution is 2.50. The molecule has 3 unspecified atom stereocenters. The maximum absolute atomic E-state index is 11.4. The topological polar surface area (TPSA) is 84.3 Å². The molecule has 1 amide bonds. The van der Waals surface area contributed by atoms with Crippen LogP contribution in [0, 0.1) is 16.0 Å². The zero-order valence-corrected chi connectivity index (χ0v) is 15.4. The molecule has 3 atom stereocenters. The second-order valence-electron chi connectivity index (χ2n) is 6.93. The molecular weight excluding hydrogens is 366 g/mol. The van der Waals surface area contributed by atoms with E-state index in [9.17, 15) is 14.9 Å².